The van der Waals surface area contributed by atoms with Crippen LogP contribution in [0.15, 0.2) is 36.1 Å². The molecular formula is C64H116N2. The number of hydrogen-bond acceptors (Lipinski definition) is 2. The van der Waals surface area contributed by atoms with Gasteiger partial charge in [-0.3, -0.25) is 0 Å². The molecule has 382 valence electrons. The van der Waals surface area contributed by atoms with Gasteiger partial charge >= 0.3 is 0 Å². The summed E-state index contributed by atoms with van der Waals surface area (Å²) >= 11 is 0. The number of nitrogens with one attached hydrogen (secondary N) is 1. The second-order valence-electron chi connectivity index (χ2n) is 25.3. The van der Waals surface area contributed by atoms with Crippen LogP contribution in [0.4, 0.5) is 0 Å². The molecule has 2 heteroatoms. The molecule has 1 heterocycles. The Kier molecular flexibility index (Phi) is 26.5. The Labute approximate surface area is 414 Å². The van der Waals surface area contributed by atoms with Gasteiger partial charge in [0.05, 0.1) is 0 Å². The number of unbranched alkanes of at least 4 members (excludes halogenated alkanes) is 18. The number of nitrogens with zero attached hydrogens (tertiary/aromatic N) is 1. The molecule has 9 atom stereocenters. The van der Waals surface area contributed by atoms with Gasteiger partial charge in [0.15, 0.2) is 0 Å². The molecule has 9 unspecified atom stereocenters. The topological polar surface area (TPSA) is 15.3 Å². The number of likely N-dealkylation sites (tertiary alicyclic amines) is 1. The van der Waals surface area contributed by atoms with E-state index in [1.165, 1.54) is 269 Å². The molecule has 4 aliphatic carbocycles. The molecule has 0 aromatic carbocycles. The minimum absolute atomic E-state index is 0.472. The summed E-state index contributed by atoms with van der Waals surface area (Å²) in [7, 11) is 0. The minimum Gasteiger partial charge on any atom is -0.389 e. The van der Waals surface area contributed by atoms with Gasteiger partial charge in [0.1, 0.15) is 0 Å². The standard InChI is InChI=1S/C64H116N2/c1-8-10-11-12-13-14-15-16-17-18-19-20-21-22-23-24-25-28-35-56(52-66-48-44-55(51-66)33-9-2)36-29-26-27-32-47-65-54(5)49-57-42-45-64(7)59(50-57)38-40-60-61-41-39-58(37-31-30-34-53(3)4)63(61,6)46-43-62(60)64/h16-17,38,53,55-58,60-62,65H,5,8-15,18-37,39-52H2,1-4,6-7H3/b17-16-. The number of hydrogen-bond donors (Lipinski definition) is 1. The zero-order chi connectivity index (χ0) is 46.9. The van der Waals surface area contributed by atoms with Crippen molar-refractivity contribution in [2.24, 2.45) is 58.2 Å². The van der Waals surface area contributed by atoms with E-state index in [2.05, 4.69) is 76.6 Å². The van der Waals surface area contributed by atoms with Crippen LogP contribution in [0.1, 0.15) is 286 Å². The van der Waals surface area contributed by atoms with Gasteiger partial charge < -0.3 is 10.2 Å². The van der Waals surface area contributed by atoms with Crippen LogP contribution in [0.5, 0.6) is 0 Å². The summed E-state index contributed by atoms with van der Waals surface area (Å²) in [6.07, 6.45) is 61.8. The van der Waals surface area contributed by atoms with E-state index in [0.717, 1.165) is 53.9 Å². The molecule has 5 rings (SSSR count). The van der Waals surface area contributed by atoms with Crippen molar-refractivity contribution in [1.82, 2.24) is 10.2 Å². The fourth-order valence-electron chi connectivity index (χ4n) is 15.5. The van der Waals surface area contributed by atoms with Crippen LogP contribution in [0.2, 0.25) is 0 Å². The molecule has 66 heavy (non-hydrogen) atoms. The molecule has 4 fully saturated rings. The van der Waals surface area contributed by atoms with Crippen molar-refractivity contribution < 1.29 is 0 Å². The Morgan fingerprint density at radius 2 is 1.33 bits per heavy atom. The first-order valence-electron chi connectivity index (χ1n) is 30.6. The highest BCUT2D eigenvalue weighted by atomic mass is 15.1. The van der Waals surface area contributed by atoms with Crippen molar-refractivity contribution in [1.29, 1.82) is 0 Å². The first-order valence-corrected chi connectivity index (χ1v) is 30.6. The van der Waals surface area contributed by atoms with Gasteiger partial charge in [0.2, 0.25) is 0 Å². The maximum Gasteiger partial charge on any atom is 0.0143 e. The molecule has 0 bridgehead atoms. The molecule has 0 amide bonds. The lowest BCUT2D eigenvalue weighted by atomic mass is 9.47. The van der Waals surface area contributed by atoms with E-state index in [9.17, 15) is 0 Å². The van der Waals surface area contributed by atoms with Crippen molar-refractivity contribution in [3.05, 3.63) is 36.1 Å². The van der Waals surface area contributed by atoms with Gasteiger partial charge in [0.25, 0.3) is 0 Å². The van der Waals surface area contributed by atoms with Gasteiger partial charge in [0, 0.05) is 25.3 Å². The summed E-state index contributed by atoms with van der Waals surface area (Å²) in [6.45, 7) is 24.8. The molecule has 0 spiro atoms. The maximum absolute atomic E-state index is 4.59. The predicted molar refractivity (Wildman–Crippen MR) is 293 cm³/mol. The Morgan fingerprint density at radius 3 is 2.02 bits per heavy atom. The van der Waals surface area contributed by atoms with E-state index >= 15 is 0 Å². The fraction of sp³-hybridized carbons (Fsp3) is 0.906. The van der Waals surface area contributed by atoms with Crippen LogP contribution < -0.4 is 5.32 Å². The quantitative estimate of drug-likeness (QED) is 0.0493. The summed E-state index contributed by atoms with van der Waals surface area (Å²) in [5, 5.41) is 3.83. The lowest BCUT2D eigenvalue weighted by Crippen LogP contribution is -2.50. The first kappa shape index (κ1) is 55.9. The first-order chi connectivity index (χ1) is 32.2. The van der Waals surface area contributed by atoms with Gasteiger partial charge in [-0.25, -0.2) is 0 Å². The van der Waals surface area contributed by atoms with E-state index in [4.69, 9.17) is 0 Å². The minimum atomic E-state index is 0.472. The van der Waals surface area contributed by atoms with E-state index in [0.29, 0.717) is 10.8 Å². The van der Waals surface area contributed by atoms with Crippen molar-refractivity contribution in [2.45, 2.75) is 286 Å². The summed E-state index contributed by atoms with van der Waals surface area (Å²) in [5.74, 6) is 7.43. The van der Waals surface area contributed by atoms with E-state index < -0.39 is 0 Å². The van der Waals surface area contributed by atoms with Gasteiger partial charge in [-0.2, -0.15) is 0 Å². The largest absolute Gasteiger partial charge is 0.389 e. The van der Waals surface area contributed by atoms with Gasteiger partial charge in [-0.15, -0.1) is 0 Å². The summed E-state index contributed by atoms with van der Waals surface area (Å²) in [4.78, 5) is 2.87. The second kappa shape index (κ2) is 31.3. The lowest BCUT2D eigenvalue weighted by molar-refractivity contribution is -0.0456. The summed E-state index contributed by atoms with van der Waals surface area (Å²) < 4.78 is 0. The zero-order valence-electron chi connectivity index (χ0n) is 45.7. The smallest absolute Gasteiger partial charge is 0.0143 e. The molecule has 1 saturated heterocycles. The van der Waals surface area contributed by atoms with Gasteiger partial charge in [-0.1, -0.05) is 194 Å². The zero-order valence-corrected chi connectivity index (χ0v) is 45.7. The monoisotopic (exact) mass is 913 g/mol. The van der Waals surface area contributed by atoms with E-state index in [-0.39, 0.29) is 0 Å². The van der Waals surface area contributed by atoms with Crippen LogP contribution in [0.25, 0.3) is 0 Å². The molecular weight excluding hydrogens is 797 g/mol. The lowest BCUT2D eigenvalue weighted by Gasteiger charge is -2.58. The third-order valence-electron chi connectivity index (χ3n) is 19.6. The molecule has 2 nitrogen and oxygen atoms in total. The third-order valence-corrected chi connectivity index (χ3v) is 19.6. The maximum atomic E-state index is 4.59. The number of fused-ring (bicyclic) bond motifs is 5. The van der Waals surface area contributed by atoms with Crippen molar-refractivity contribution in [2.75, 3.05) is 26.2 Å². The average molecular weight is 914 g/mol. The highest BCUT2D eigenvalue weighted by molar-refractivity contribution is 5.25. The SMILES string of the molecule is C=C(CC1CCC2(C)C(=CCC3C2CCC2(C)C(CCCCC(C)C)CCC32)C1)NCCCCCCC(CCCCCCCCCC/C=C\CCCCCCCC)CN1CCC(CCC)C1. The Balaban J connectivity index is 0.907. The van der Waals surface area contributed by atoms with E-state index in [1.54, 1.807) is 0 Å². The van der Waals surface area contributed by atoms with Crippen molar-refractivity contribution >= 4 is 0 Å². The Morgan fingerprint density at radius 1 is 0.682 bits per heavy atom. The Hall–Kier alpha value is -1.02. The molecule has 1 aliphatic heterocycles. The van der Waals surface area contributed by atoms with E-state index in [1.807, 2.05) is 5.57 Å². The summed E-state index contributed by atoms with van der Waals surface area (Å²) in [6, 6.07) is 0. The van der Waals surface area contributed by atoms with Crippen LogP contribution in [-0.2, 0) is 0 Å². The number of rotatable bonds is 37. The molecule has 1 N–H and O–H groups in total. The molecule has 0 aromatic heterocycles. The molecule has 0 radical (unpaired) electrons. The van der Waals surface area contributed by atoms with Gasteiger partial charge in [-0.05, 0) is 187 Å². The van der Waals surface area contributed by atoms with Crippen molar-refractivity contribution in [3.63, 3.8) is 0 Å². The number of allylic oxidation sites excluding steroid dienone is 5. The fourth-order valence-corrected chi connectivity index (χ4v) is 15.5. The van der Waals surface area contributed by atoms with Crippen LogP contribution in [0.3, 0.4) is 0 Å². The third kappa shape index (κ3) is 18.6. The molecule has 3 saturated carbocycles. The molecule has 5 aliphatic rings. The van der Waals surface area contributed by atoms with Crippen LogP contribution >= 0.6 is 0 Å². The predicted octanol–water partition coefficient (Wildman–Crippen LogP) is 19.8. The second-order valence-corrected chi connectivity index (χ2v) is 25.3. The Bertz CT molecular complexity index is 1340. The highest BCUT2D eigenvalue weighted by Gasteiger charge is 2.58. The van der Waals surface area contributed by atoms with Crippen molar-refractivity contribution in [3.8, 4) is 0 Å². The highest BCUT2D eigenvalue weighted by Crippen LogP contribution is 2.67. The van der Waals surface area contributed by atoms with Crippen LogP contribution in [-0.4, -0.2) is 31.1 Å². The average Bonchev–Trinajstić information content (AvgIpc) is 3.89. The van der Waals surface area contributed by atoms with Crippen LogP contribution in [0, 0.1) is 58.2 Å². The normalized spacial score (nSPS) is 29.3. The summed E-state index contributed by atoms with van der Waals surface area (Å²) in [5.41, 5.74) is 4.28. The molecule has 0 aromatic rings.